The van der Waals surface area contributed by atoms with E-state index in [1.54, 1.807) is 0 Å². The van der Waals surface area contributed by atoms with E-state index < -0.39 is 11.9 Å². The van der Waals surface area contributed by atoms with Crippen LogP contribution in [0.5, 0.6) is 0 Å². The first-order valence-electron chi connectivity index (χ1n) is 5.07. The number of carboxylic acids is 1. The molecule has 0 aliphatic carbocycles. The Bertz CT molecular complexity index is 587. The van der Waals surface area contributed by atoms with Crippen LogP contribution in [0.3, 0.4) is 0 Å². The molecule has 94 valence electrons. The van der Waals surface area contributed by atoms with Crippen LogP contribution in [0.2, 0.25) is 0 Å². The molecular weight excluding hydrogens is 256 g/mol. The molecule has 2 heterocycles. The monoisotopic (exact) mass is 266 g/mol. The zero-order valence-electron chi connectivity index (χ0n) is 9.47. The lowest BCUT2D eigenvalue weighted by molar-refractivity contribution is 0.0696. The molecule has 0 unspecified atom stereocenters. The highest BCUT2D eigenvalue weighted by Crippen LogP contribution is 2.10. The van der Waals surface area contributed by atoms with Crippen LogP contribution in [-0.4, -0.2) is 22.0 Å². The van der Waals surface area contributed by atoms with Gasteiger partial charge in [0.25, 0.3) is 5.91 Å². The van der Waals surface area contributed by atoms with Gasteiger partial charge < -0.3 is 14.8 Å². The van der Waals surface area contributed by atoms with Crippen molar-refractivity contribution < 1.29 is 19.1 Å². The third-order valence-electron chi connectivity index (χ3n) is 2.17. The number of amides is 1. The summed E-state index contributed by atoms with van der Waals surface area (Å²) in [5.41, 5.74) is 0.709. The van der Waals surface area contributed by atoms with E-state index >= 15 is 0 Å². The first-order chi connectivity index (χ1) is 8.56. The molecule has 0 saturated heterocycles. The second kappa shape index (κ2) is 5.01. The lowest BCUT2D eigenvalue weighted by Gasteiger charge is -1.99. The van der Waals surface area contributed by atoms with Crippen LogP contribution in [0.25, 0.3) is 0 Å². The molecule has 0 atom stereocenters. The lowest BCUT2D eigenvalue weighted by Crippen LogP contribution is -2.22. The van der Waals surface area contributed by atoms with Crippen LogP contribution in [0.15, 0.2) is 22.1 Å². The quantitative estimate of drug-likeness (QED) is 0.878. The van der Waals surface area contributed by atoms with Gasteiger partial charge in [0.15, 0.2) is 5.76 Å². The summed E-state index contributed by atoms with van der Waals surface area (Å²) in [7, 11) is 0. The predicted molar refractivity (Wildman–Crippen MR) is 63.7 cm³/mol. The lowest BCUT2D eigenvalue weighted by atomic mass is 10.3. The summed E-state index contributed by atoms with van der Waals surface area (Å²) in [6.07, 6.45) is 1.03. The molecule has 2 aromatic heterocycles. The topological polar surface area (TPSA) is 92.4 Å². The SMILES string of the molecule is Cc1nc(CNC(=O)c2cc(C(=O)O)co2)cs1. The molecule has 0 radical (unpaired) electrons. The molecule has 0 aliphatic heterocycles. The van der Waals surface area contributed by atoms with Gasteiger partial charge in [0.1, 0.15) is 6.26 Å². The molecule has 0 aliphatic rings. The molecule has 0 aromatic carbocycles. The number of furan rings is 1. The van der Waals surface area contributed by atoms with E-state index in [1.165, 1.54) is 17.4 Å². The largest absolute Gasteiger partial charge is 0.478 e. The fourth-order valence-corrected chi connectivity index (χ4v) is 1.93. The summed E-state index contributed by atoms with van der Waals surface area (Å²) >= 11 is 1.50. The van der Waals surface area contributed by atoms with Crippen molar-refractivity contribution in [3.05, 3.63) is 39.7 Å². The number of thiazole rings is 1. The van der Waals surface area contributed by atoms with Crippen LogP contribution in [0.1, 0.15) is 31.6 Å². The predicted octanol–water partition coefficient (Wildman–Crippen LogP) is 1.67. The van der Waals surface area contributed by atoms with Gasteiger partial charge in [-0.25, -0.2) is 9.78 Å². The third-order valence-corrected chi connectivity index (χ3v) is 2.99. The summed E-state index contributed by atoms with van der Waals surface area (Å²) < 4.78 is 4.87. The van der Waals surface area contributed by atoms with E-state index in [0.29, 0.717) is 0 Å². The maximum Gasteiger partial charge on any atom is 0.338 e. The van der Waals surface area contributed by atoms with Gasteiger partial charge in [0, 0.05) is 11.4 Å². The van der Waals surface area contributed by atoms with Crippen molar-refractivity contribution in [1.82, 2.24) is 10.3 Å². The molecule has 18 heavy (non-hydrogen) atoms. The van der Waals surface area contributed by atoms with E-state index in [-0.39, 0.29) is 17.9 Å². The molecule has 2 rings (SSSR count). The number of aryl methyl sites for hydroxylation is 1. The molecule has 0 bridgehead atoms. The van der Waals surface area contributed by atoms with E-state index in [4.69, 9.17) is 9.52 Å². The van der Waals surface area contributed by atoms with Gasteiger partial charge in [-0.15, -0.1) is 11.3 Å². The Labute approximate surface area is 106 Å². The van der Waals surface area contributed by atoms with Crippen molar-refractivity contribution in [3.8, 4) is 0 Å². The molecule has 0 saturated carbocycles. The van der Waals surface area contributed by atoms with Gasteiger partial charge in [-0.05, 0) is 6.92 Å². The average Bonchev–Trinajstić information content (AvgIpc) is 2.94. The summed E-state index contributed by atoms with van der Waals surface area (Å²) in [6.45, 7) is 2.16. The van der Waals surface area contributed by atoms with Crippen LogP contribution in [0, 0.1) is 6.92 Å². The molecule has 1 amide bonds. The summed E-state index contributed by atoms with van der Waals surface area (Å²) in [5, 5.41) is 14.1. The van der Waals surface area contributed by atoms with Crippen molar-refractivity contribution in [1.29, 1.82) is 0 Å². The number of aromatic carboxylic acids is 1. The maximum atomic E-state index is 11.6. The van der Waals surface area contributed by atoms with Gasteiger partial charge >= 0.3 is 5.97 Å². The number of hydrogen-bond donors (Lipinski definition) is 2. The number of carboxylic acid groups (broad SMARTS) is 1. The van der Waals surface area contributed by atoms with Crippen molar-refractivity contribution in [2.24, 2.45) is 0 Å². The highest BCUT2D eigenvalue weighted by atomic mass is 32.1. The Morgan fingerprint density at radius 3 is 2.89 bits per heavy atom. The van der Waals surface area contributed by atoms with Crippen LogP contribution in [-0.2, 0) is 6.54 Å². The van der Waals surface area contributed by atoms with E-state index in [2.05, 4.69) is 10.3 Å². The zero-order valence-corrected chi connectivity index (χ0v) is 10.3. The van der Waals surface area contributed by atoms with Crippen molar-refractivity contribution in [2.75, 3.05) is 0 Å². The standard InChI is InChI=1S/C11H10N2O4S/c1-6-13-8(5-18-6)3-12-10(14)9-2-7(4-17-9)11(15)16/h2,4-5H,3H2,1H3,(H,12,14)(H,15,16). The van der Waals surface area contributed by atoms with E-state index in [0.717, 1.165) is 17.0 Å². The summed E-state index contributed by atoms with van der Waals surface area (Å²) in [4.78, 5) is 26.4. The van der Waals surface area contributed by atoms with Gasteiger partial charge in [-0.2, -0.15) is 0 Å². The van der Waals surface area contributed by atoms with E-state index in [9.17, 15) is 9.59 Å². The van der Waals surface area contributed by atoms with Crippen molar-refractivity contribution in [3.63, 3.8) is 0 Å². The Hall–Kier alpha value is -2.15. The number of aromatic nitrogens is 1. The second-order valence-corrected chi connectivity index (χ2v) is 4.61. The smallest absolute Gasteiger partial charge is 0.338 e. The van der Waals surface area contributed by atoms with Gasteiger partial charge in [0.2, 0.25) is 0 Å². The van der Waals surface area contributed by atoms with Crippen LogP contribution < -0.4 is 5.32 Å². The summed E-state index contributed by atoms with van der Waals surface area (Å²) in [5.74, 6) is -1.62. The number of carbonyl (C=O) groups excluding carboxylic acids is 1. The fraction of sp³-hybridized carbons (Fsp3) is 0.182. The van der Waals surface area contributed by atoms with Crippen LogP contribution in [0.4, 0.5) is 0 Å². The van der Waals surface area contributed by atoms with Gasteiger partial charge in [0.05, 0.1) is 22.8 Å². The molecular formula is C11H10N2O4S. The molecule has 0 fully saturated rings. The number of nitrogens with zero attached hydrogens (tertiary/aromatic N) is 1. The van der Waals surface area contributed by atoms with Crippen molar-refractivity contribution in [2.45, 2.75) is 13.5 Å². The van der Waals surface area contributed by atoms with Crippen LogP contribution >= 0.6 is 11.3 Å². The minimum absolute atomic E-state index is 0.0284. The Morgan fingerprint density at radius 2 is 2.33 bits per heavy atom. The zero-order chi connectivity index (χ0) is 13.1. The minimum Gasteiger partial charge on any atom is -0.478 e. The number of carbonyl (C=O) groups is 2. The second-order valence-electron chi connectivity index (χ2n) is 3.55. The number of rotatable bonds is 4. The first kappa shape index (κ1) is 12.3. The number of nitrogens with one attached hydrogen (secondary N) is 1. The molecule has 7 heteroatoms. The highest BCUT2D eigenvalue weighted by Gasteiger charge is 2.14. The average molecular weight is 266 g/mol. The Morgan fingerprint density at radius 1 is 1.56 bits per heavy atom. The third kappa shape index (κ3) is 2.75. The fourth-order valence-electron chi connectivity index (χ4n) is 1.31. The number of hydrogen-bond acceptors (Lipinski definition) is 5. The highest BCUT2D eigenvalue weighted by molar-refractivity contribution is 7.09. The Balaban J connectivity index is 1.97. The molecule has 0 spiro atoms. The van der Waals surface area contributed by atoms with Crippen molar-refractivity contribution >= 4 is 23.2 Å². The maximum absolute atomic E-state index is 11.6. The summed E-state index contributed by atoms with van der Waals surface area (Å²) in [6, 6.07) is 1.18. The Kier molecular flexibility index (Phi) is 3.42. The minimum atomic E-state index is -1.13. The van der Waals surface area contributed by atoms with Gasteiger partial charge in [-0.3, -0.25) is 4.79 Å². The molecule has 6 nitrogen and oxygen atoms in total. The first-order valence-corrected chi connectivity index (χ1v) is 5.95. The normalized spacial score (nSPS) is 10.3. The molecule has 2 N–H and O–H groups in total. The van der Waals surface area contributed by atoms with E-state index in [1.807, 2.05) is 12.3 Å². The molecule has 2 aromatic rings. The van der Waals surface area contributed by atoms with Gasteiger partial charge in [-0.1, -0.05) is 0 Å².